The minimum atomic E-state index is -0.769. The van der Waals surface area contributed by atoms with Crippen LogP contribution in [0.1, 0.15) is 23.3 Å². The molecule has 13 heavy (non-hydrogen) atoms. The van der Waals surface area contributed by atoms with Gasteiger partial charge in [0.25, 0.3) is 0 Å². The van der Waals surface area contributed by atoms with E-state index in [1.165, 1.54) is 0 Å². The Morgan fingerprint density at radius 2 is 2.00 bits per heavy atom. The SMILES string of the molecule is OCC(O)c1ccc(C2CO2)cc1. The second kappa shape index (κ2) is 3.46. The van der Waals surface area contributed by atoms with Gasteiger partial charge in [-0.3, -0.25) is 0 Å². The third-order valence-corrected chi connectivity index (χ3v) is 2.20. The number of benzene rings is 1. The summed E-state index contributed by atoms with van der Waals surface area (Å²) in [5.41, 5.74) is 1.88. The molecule has 1 heterocycles. The molecule has 1 aliphatic heterocycles. The summed E-state index contributed by atoms with van der Waals surface area (Å²) in [5.74, 6) is 0. The van der Waals surface area contributed by atoms with E-state index in [-0.39, 0.29) is 12.7 Å². The smallest absolute Gasteiger partial charge is 0.106 e. The average Bonchev–Trinajstić information content (AvgIpc) is 3.00. The van der Waals surface area contributed by atoms with Gasteiger partial charge in [-0.05, 0) is 11.1 Å². The van der Waals surface area contributed by atoms with Crippen LogP contribution in [0.2, 0.25) is 0 Å². The summed E-state index contributed by atoms with van der Waals surface area (Å²) in [7, 11) is 0. The van der Waals surface area contributed by atoms with E-state index in [2.05, 4.69) is 0 Å². The molecule has 3 heteroatoms. The molecule has 0 radical (unpaired) electrons. The van der Waals surface area contributed by atoms with Gasteiger partial charge < -0.3 is 14.9 Å². The lowest BCUT2D eigenvalue weighted by Gasteiger charge is -2.07. The molecule has 0 aromatic heterocycles. The van der Waals surface area contributed by atoms with Gasteiger partial charge in [-0.15, -0.1) is 0 Å². The van der Waals surface area contributed by atoms with Gasteiger partial charge in [-0.1, -0.05) is 24.3 Å². The normalized spacial score (nSPS) is 22.8. The Morgan fingerprint density at radius 1 is 1.38 bits per heavy atom. The average molecular weight is 180 g/mol. The zero-order valence-electron chi connectivity index (χ0n) is 7.18. The van der Waals surface area contributed by atoms with E-state index >= 15 is 0 Å². The van der Waals surface area contributed by atoms with Crippen LogP contribution in [0.15, 0.2) is 24.3 Å². The van der Waals surface area contributed by atoms with E-state index in [9.17, 15) is 5.11 Å². The molecule has 1 saturated heterocycles. The highest BCUT2D eigenvalue weighted by molar-refractivity contribution is 5.27. The van der Waals surface area contributed by atoms with Crippen molar-refractivity contribution in [2.45, 2.75) is 12.2 Å². The summed E-state index contributed by atoms with van der Waals surface area (Å²) < 4.78 is 5.11. The number of hydrogen-bond acceptors (Lipinski definition) is 3. The lowest BCUT2D eigenvalue weighted by molar-refractivity contribution is 0.0956. The lowest BCUT2D eigenvalue weighted by atomic mass is 10.1. The minimum Gasteiger partial charge on any atom is -0.393 e. The molecule has 70 valence electrons. The van der Waals surface area contributed by atoms with Crippen molar-refractivity contribution >= 4 is 0 Å². The lowest BCUT2D eigenvalue weighted by Crippen LogP contribution is -2.01. The van der Waals surface area contributed by atoms with Crippen LogP contribution < -0.4 is 0 Å². The van der Waals surface area contributed by atoms with Gasteiger partial charge in [0.05, 0.1) is 13.2 Å². The molecule has 0 bridgehead atoms. The second-order valence-electron chi connectivity index (χ2n) is 3.19. The number of aliphatic hydroxyl groups is 2. The zero-order chi connectivity index (χ0) is 9.26. The standard InChI is InChI=1S/C10H12O3/c11-5-9(12)7-1-3-8(4-2-7)10-6-13-10/h1-4,9-12H,5-6H2. The fraction of sp³-hybridized carbons (Fsp3) is 0.400. The van der Waals surface area contributed by atoms with E-state index in [4.69, 9.17) is 9.84 Å². The highest BCUT2D eigenvalue weighted by Gasteiger charge is 2.24. The van der Waals surface area contributed by atoms with Crippen molar-refractivity contribution < 1.29 is 14.9 Å². The van der Waals surface area contributed by atoms with Gasteiger partial charge in [-0.2, -0.15) is 0 Å². The van der Waals surface area contributed by atoms with E-state index < -0.39 is 6.10 Å². The van der Waals surface area contributed by atoms with Crippen molar-refractivity contribution in [2.75, 3.05) is 13.2 Å². The maximum atomic E-state index is 9.29. The Morgan fingerprint density at radius 3 is 2.46 bits per heavy atom. The van der Waals surface area contributed by atoms with E-state index in [0.717, 1.165) is 17.7 Å². The molecule has 0 amide bonds. The Labute approximate surface area is 76.6 Å². The van der Waals surface area contributed by atoms with Gasteiger partial charge >= 0.3 is 0 Å². The first kappa shape index (κ1) is 8.69. The first-order valence-corrected chi connectivity index (χ1v) is 4.31. The molecular formula is C10H12O3. The molecule has 0 aliphatic carbocycles. The van der Waals surface area contributed by atoms with Crippen LogP contribution in [0.25, 0.3) is 0 Å². The maximum absolute atomic E-state index is 9.29. The minimum absolute atomic E-state index is 0.237. The predicted molar refractivity (Wildman–Crippen MR) is 47.2 cm³/mol. The first-order chi connectivity index (χ1) is 6.31. The Balaban J connectivity index is 2.12. The molecule has 2 unspecified atom stereocenters. The maximum Gasteiger partial charge on any atom is 0.106 e. The molecule has 2 N–H and O–H groups in total. The van der Waals surface area contributed by atoms with Crippen molar-refractivity contribution in [1.82, 2.24) is 0 Å². The first-order valence-electron chi connectivity index (χ1n) is 4.31. The molecule has 0 saturated carbocycles. The van der Waals surface area contributed by atoms with E-state index in [1.807, 2.05) is 24.3 Å². The third-order valence-electron chi connectivity index (χ3n) is 2.20. The summed E-state index contributed by atoms with van der Waals surface area (Å²) >= 11 is 0. The van der Waals surface area contributed by atoms with Gasteiger partial charge in [0.2, 0.25) is 0 Å². The molecule has 2 atom stereocenters. The largest absolute Gasteiger partial charge is 0.393 e. The molecular weight excluding hydrogens is 168 g/mol. The topological polar surface area (TPSA) is 53.0 Å². The quantitative estimate of drug-likeness (QED) is 0.676. The Kier molecular flexibility index (Phi) is 2.31. The monoisotopic (exact) mass is 180 g/mol. The van der Waals surface area contributed by atoms with Crippen molar-refractivity contribution in [3.8, 4) is 0 Å². The van der Waals surface area contributed by atoms with E-state index in [1.54, 1.807) is 0 Å². The summed E-state index contributed by atoms with van der Waals surface area (Å²) in [6.45, 7) is 0.557. The third kappa shape index (κ3) is 1.88. The molecule has 1 aromatic rings. The molecule has 0 spiro atoms. The molecule has 1 aliphatic rings. The van der Waals surface area contributed by atoms with Gasteiger partial charge in [0, 0.05) is 0 Å². The number of aliphatic hydroxyl groups excluding tert-OH is 2. The van der Waals surface area contributed by atoms with E-state index in [0.29, 0.717) is 0 Å². The predicted octanol–water partition coefficient (Wildman–Crippen LogP) is 0.784. The van der Waals surface area contributed by atoms with Crippen LogP contribution in [0.4, 0.5) is 0 Å². The van der Waals surface area contributed by atoms with Crippen molar-refractivity contribution in [2.24, 2.45) is 0 Å². The summed E-state index contributed by atoms with van der Waals surface area (Å²) in [6, 6.07) is 7.48. The number of hydrogen-bond donors (Lipinski definition) is 2. The highest BCUT2D eigenvalue weighted by atomic mass is 16.6. The summed E-state index contributed by atoms with van der Waals surface area (Å²) in [4.78, 5) is 0. The van der Waals surface area contributed by atoms with Gasteiger partial charge in [0.1, 0.15) is 12.2 Å². The summed E-state index contributed by atoms with van der Waals surface area (Å²) in [6.07, 6.45) is -0.519. The molecule has 3 nitrogen and oxygen atoms in total. The highest BCUT2D eigenvalue weighted by Crippen LogP contribution is 2.30. The van der Waals surface area contributed by atoms with Crippen molar-refractivity contribution in [1.29, 1.82) is 0 Å². The Bertz CT molecular complexity index is 277. The molecule has 2 rings (SSSR count). The van der Waals surface area contributed by atoms with Crippen LogP contribution in [0.5, 0.6) is 0 Å². The molecule has 1 aromatic carbocycles. The number of rotatable bonds is 3. The van der Waals surface area contributed by atoms with Gasteiger partial charge in [-0.25, -0.2) is 0 Å². The van der Waals surface area contributed by atoms with Crippen molar-refractivity contribution in [3.05, 3.63) is 35.4 Å². The zero-order valence-corrected chi connectivity index (χ0v) is 7.18. The van der Waals surface area contributed by atoms with Crippen LogP contribution in [0, 0.1) is 0 Å². The van der Waals surface area contributed by atoms with Crippen LogP contribution in [-0.4, -0.2) is 23.4 Å². The Hall–Kier alpha value is -0.900. The molecule has 1 fully saturated rings. The second-order valence-corrected chi connectivity index (χ2v) is 3.19. The number of epoxide rings is 1. The van der Waals surface area contributed by atoms with Crippen LogP contribution in [-0.2, 0) is 4.74 Å². The summed E-state index contributed by atoms with van der Waals surface area (Å²) in [5, 5.41) is 18.0. The number of ether oxygens (including phenoxy) is 1. The van der Waals surface area contributed by atoms with Crippen LogP contribution in [0.3, 0.4) is 0 Å². The van der Waals surface area contributed by atoms with Crippen molar-refractivity contribution in [3.63, 3.8) is 0 Å². The van der Waals surface area contributed by atoms with Crippen LogP contribution >= 0.6 is 0 Å². The fourth-order valence-electron chi connectivity index (χ4n) is 1.28. The fourth-order valence-corrected chi connectivity index (χ4v) is 1.28. The van der Waals surface area contributed by atoms with Gasteiger partial charge in [0.15, 0.2) is 0 Å².